The molecule has 6 nitrogen and oxygen atoms in total. The molecule has 2 heterocycles. The van der Waals surface area contributed by atoms with E-state index in [9.17, 15) is 0 Å². The Morgan fingerprint density at radius 2 is 2.24 bits per heavy atom. The van der Waals surface area contributed by atoms with Gasteiger partial charge in [0.1, 0.15) is 12.1 Å². The molecular weight excluding hydrogens is 218 g/mol. The second-order valence-corrected chi connectivity index (χ2v) is 4.12. The summed E-state index contributed by atoms with van der Waals surface area (Å²) < 4.78 is 6.90. The normalized spacial score (nSPS) is 12.9. The van der Waals surface area contributed by atoms with Gasteiger partial charge in [-0.3, -0.25) is 4.68 Å². The number of aromatic nitrogens is 4. The Morgan fingerprint density at radius 3 is 2.94 bits per heavy atom. The van der Waals surface area contributed by atoms with Gasteiger partial charge in [0, 0.05) is 21.2 Å². The number of hydrogen-bond donors (Lipinski definition) is 0. The van der Waals surface area contributed by atoms with Crippen LogP contribution in [0, 0.1) is 0 Å². The molecule has 0 aliphatic carbocycles. The summed E-state index contributed by atoms with van der Waals surface area (Å²) in [5.74, 6) is 0.882. The van der Waals surface area contributed by atoms with Crippen molar-refractivity contribution >= 4 is 16.9 Å². The lowest BCUT2D eigenvalue weighted by Gasteiger charge is -2.25. The molecule has 1 atom stereocenters. The summed E-state index contributed by atoms with van der Waals surface area (Å²) in [5.41, 5.74) is 0.839. The van der Waals surface area contributed by atoms with Crippen molar-refractivity contribution in [1.82, 2.24) is 19.7 Å². The van der Waals surface area contributed by atoms with Crippen LogP contribution in [-0.4, -0.2) is 46.6 Å². The van der Waals surface area contributed by atoms with Crippen LogP contribution in [0.15, 0.2) is 12.5 Å². The van der Waals surface area contributed by atoms with Crippen LogP contribution in [0.1, 0.15) is 6.92 Å². The molecule has 0 aliphatic heterocycles. The highest BCUT2D eigenvalue weighted by atomic mass is 16.5. The summed E-state index contributed by atoms with van der Waals surface area (Å²) >= 11 is 0. The highest BCUT2D eigenvalue weighted by Gasteiger charge is 2.15. The molecule has 92 valence electrons. The number of methoxy groups -OCH3 is 1. The smallest absolute Gasteiger partial charge is 0.163 e. The van der Waals surface area contributed by atoms with Gasteiger partial charge in [-0.2, -0.15) is 5.10 Å². The molecule has 2 aromatic rings. The first kappa shape index (κ1) is 11.8. The van der Waals surface area contributed by atoms with E-state index in [0.717, 1.165) is 16.9 Å². The quantitative estimate of drug-likeness (QED) is 0.785. The van der Waals surface area contributed by atoms with E-state index >= 15 is 0 Å². The van der Waals surface area contributed by atoms with Crippen LogP contribution in [0.25, 0.3) is 11.0 Å². The third-order valence-electron chi connectivity index (χ3n) is 2.91. The number of nitrogens with zero attached hydrogens (tertiary/aromatic N) is 5. The highest BCUT2D eigenvalue weighted by molar-refractivity contribution is 5.86. The molecule has 2 aromatic heterocycles. The van der Waals surface area contributed by atoms with Crippen molar-refractivity contribution in [2.45, 2.75) is 13.0 Å². The van der Waals surface area contributed by atoms with E-state index < -0.39 is 0 Å². The molecule has 0 fully saturated rings. The molecular formula is C11H17N5O. The van der Waals surface area contributed by atoms with Gasteiger partial charge < -0.3 is 9.64 Å². The van der Waals surface area contributed by atoms with Crippen LogP contribution in [0.3, 0.4) is 0 Å². The van der Waals surface area contributed by atoms with Crippen LogP contribution < -0.4 is 4.90 Å². The number of hydrogen-bond acceptors (Lipinski definition) is 5. The topological polar surface area (TPSA) is 56.1 Å². The molecule has 0 unspecified atom stereocenters. The Morgan fingerprint density at radius 1 is 1.47 bits per heavy atom. The average Bonchev–Trinajstić information content (AvgIpc) is 2.71. The summed E-state index contributed by atoms with van der Waals surface area (Å²) in [6.45, 7) is 2.75. The van der Waals surface area contributed by atoms with Crippen molar-refractivity contribution in [2.75, 3.05) is 25.7 Å². The predicted octanol–water partition coefficient (Wildman–Crippen LogP) is 0.834. The largest absolute Gasteiger partial charge is 0.383 e. The summed E-state index contributed by atoms with van der Waals surface area (Å²) in [6.07, 6.45) is 3.36. The molecule has 2 rings (SSSR count). The number of aryl methyl sites for hydroxylation is 1. The Kier molecular flexibility index (Phi) is 3.23. The van der Waals surface area contributed by atoms with Crippen molar-refractivity contribution < 1.29 is 4.74 Å². The van der Waals surface area contributed by atoms with Crippen LogP contribution in [0.4, 0.5) is 5.82 Å². The van der Waals surface area contributed by atoms with Gasteiger partial charge in [-0.25, -0.2) is 9.97 Å². The second-order valence-electron chi connectivity index (χ2n) is 4.12. The number of rotatable bonds is 4. The maximum atomic E-state index is 5.16. The van der Waals surface area contributed by atoms with E-state index in [1.54, 1.807) is 24.3 Å². The zero-order valence-corrected chi connectivity index (χ0v) is 10.6. The van der Waals surface area contributed by atoms with Gasteiger partial charge in [-0.05, 0) is 6.92 Å². The van der Waals surface area contributed by atoms with E-state index in [1.807, 2.05) is 14.1 Å². The Hall–Kier alpha value is -1.69. The monoisotopic (exact) mass is 235 g/mol. The number of anilines is 1. The minimum Gasteiger partial charge on any atom is -0.383 e. The van der Waals surface area contributed by atoms with Crippen molar-refractivity contribution in [3.05, 3.63) is 12.5 Å². The van der Waals surface area contributed by atoms with E-state index in [2.05, 4.69) is 26.9 Å². The molecule has 0 saturated carbocycles. The number of fused-ring (bicyclic) bond motifs is 1. The van der Waals surface area contributed by atoms with Gasteiger partial charge in [0.2, 0.25) is 0 Å². The van der Waals surface area contributed by atoms with Gasteiger partial charge in [0.15, 0.2) is 5.65 Å². The summed E-state index contributed by atoms with van der Waals surface area (Å²) in [4.78, 5) is 10.6. The second kappa shape index (κ2) is 4.67. The lowest BCUT2D eigenvalue weighted by atomic mass is 10.3. The van der Waals surface area contributed by atoms with Gasteiger partial charge >= 0.3 is 0 Å². The molecule has 0 bridgehead atoms. The highest BCUT2D eigenvalue weighted by Crippen LogP contribution is 2.22. The molecule has 0 spiro atoms. The van der Waals surface area contributed by atoms with Gasteiger partial charge in [0.05, 0.1) is 24.2 Å². The fraction of sp³-hybridized carbons (Fsp3) is 0.545. The van der Waals surface area contributed by atoms with Gasteiger partial charge in [-0.15, -0.1) is 0 Å². The molecule has 0 aromatic carbocycles. The SMILES string of the molecule is COC[C@@H](C)N(C)c1ncnc2c1cnn2C. The van der Waals surface area contributed by atoms with E-state index in [4.69, 9.17) is 4.74 Å². The zero-order valence-electron chi connectivity index (χ0n) is 10.6. The third-order valence-corrected chi connectivity index (χ3v) is 2.91. The first-order chi connectivity index (χ1) is 8.15. The standard InChI is InChI=1S/C11H17N5O/c1-8(6-17-4)15(2)10-9-5-14-16(3)11(9)13-7-12-10/h5,7-8H,6H2,1-4H3/t8-/m1/s1. The first-order valence-corrected chi connectivity index (χ1v) is 5.49. The predicted molar refractivity (Wildman–Crippen MR) is 66.0 cm³/mol. The molecule has 0 aliphatic rings. The molecule has 6 heteroatoms. The van der Waals surface area contributed by atoms with Crippen LogP contribution in [0.5, 0.6) is 0 Å². The Balaban J connectivity index is 2.41. The zero-order chi connectivity index (χ0) is 12.4. The minimum absolute atomic E-state index is 0.248. The van der Waals surface area contributed by atoms with E-state index in [1.165, 1.54) is 0 Å². The van der Waals surface area contributed by atoms with E-state index in [-0.39, 0.29) is 6.04 Å². The molecule has 0 saturated heterocycles. The van der Waals surface area contributed by atoms with Crippen molar-refractivity contribution in [1.29, 1.82) is 0 Å². The first-order valence-electron chi connectivity index (χ1n) is 5.49. The average molecular weight is 235 g/mol. The summed E-state index contributed by atoms with van der Waals surface area (Å²) in [7, 11) is 5.57. The maximum absolute atomic E-state index is 5.16. The Labute approximate surface area is 100 Å². The lowest BCUT2D eigenvalue weighted by Crippen LogP contribution is -2.33. The fourth-order valence-electron chi connectivity index (χ4n) is 1.79. The summed E-state index contributed by atoms with van der Waals surface area (Å²) in [6, 6.07) is 0.248. The van der Waals surface area contributed by atoms with Gasteiger partial charge in [0.25, 0.3) is 0 Å². The lowest BCUT2D eigenvalue weighted by molar-refractivity contribution is 0.183. The van der Waals surface area contributed by atoms with Crippen LogP contribution in [-0.2, 0) is 11.8 Å². The third kappa shape index (κ3) is 2.08. The maximum Gasteiger partial charge on any atom is 0.163 e. The van der Waals surface area contributed by atoms with Crippen molar-refractivity contribution in [3.8, 4) is 0 Å². The summed E-state index contributed by atoms with van der Waals surface area (Å²) in [5, 5.41) is 5.16. The molecule has 0 radical (unpaired) electrons. The van der Waals surface area contributed by atoms with Crippen molar-refractivity contribution in [3.63, 3.8) is 0 Å². The van der Waals surface area contributed by atoms with Gasteiger partial charge in [-0.1, -0.05) is 0 Å². The van der Waals surface area contributed by atoms with Crippen LogP contribution in [0.2, 0.25) is 0 Å². The molecule has 17 heavy (non-hydrogen) atoms. The Bertz CT molecular complexity index is 510. The number of ether oxygens (including phenoxy) is 1. The van der Waals surface area contributed by atoms with Crippen LogP contribution >= 0.6 is 0 Å². The number of likely N-dealkylation sites (N-methyl/N-ethyl adjacent to an activating group) is 1. The van der Waals surface area contributed by atoms with E-state index in [0.29, 0.717) is 6.61 Å². The minimum atomic E-state index is 0.248. The fourth-order valence-corrected chi connectivity index (χ4v) is 1.79. The molecule has 0 amide bonds. The van der Waals surface area contributed by atoms with Crippen molar-refractivity contribution in [2.24, 2.45) is 7.05 Å². The molecule has 0 N–H and O–H groups in total.